The molecule has 294 valence electrons. The molecule has 0 bridgehead atoms. The van der Waals surface area contributed by atoms with Crippen LogP contribution in [0, 0.1) is 28.6 Å². The average Bonchev–Trinajstić information content (AvgIpc) is 3.97. The summed E-state index contributed by atoms with van der Waals surface area (Å²) < 4.78 is 29.1. The quantitative estimate of drug-likeness (QED) is 0.186. The Balaban J connectivity index is 1.34. The molecule has 1 saturated heterocycles. The van der Waals surface area contributed by atoms with Gasteiger partial charge >= 0.3 is 6.03 Å². The Kier molecular flexibility index (Phi) is 11.5. The molecule has 0 spiro atoms. The van der Waals surface area contributed by atoms with E-state index in [1.807, 2.05) is 48.5 Å². The number of carbonyl (C=O) groups excluding carboxylic acids is 5. The maximum absolute atomic E-state index is 14.6. The fraction of sp³-hybridized carbons (Fsp3) is 0.868. The molecule has 0 unspecified atom stereocenters. The molecule has 1 heterocycles. The van der Waals surface area contributed by atoms with Gasteiger partial charge in [0.2, 0.25) is 27.6 Å². The largest absolute Gasteiger partial charge is 0.347 e. The molecule has 0 aromatic rings. The fourth-order valence-electron chi connectivity index (χ4n) is 9.05. The third-order valence-electron chi connectivity index (χ3n) is 12.2. The monoisotopic (exact) mass is 748 g/mol. The van der Waals surface area contributed by atoms with Gasteiger partial charge in [-0.25, -0.2) is 13.2 Å². The van der Waals surface area contributed by atoms with Crippen molar-refractivity contribution in [1.82, 2.24) is 30.5 Å². The summed E-state index contributed by atoms with van der Waals surface area (Å²) >= 11 is 0. The fourth-order valence-corrected chi connectivity index (χ4v) is 11.5. The highest BCUT2D eigenvalue weighted by atomic mass is 32.2. The van der Waals surface area contributed by atoms with Gasteiger partial charge in [-0.15, -0.1) is 0 Å². The molecular weight excluding hydrogens is 685 g/mol. The topological polar surface area (TPSA) is 174 Å². The maximum atomic E-state index is 14.6. The van der Waals surface area contributed by atoms with E-state index in [4.69, 9.17) is 0 Å². The van der Waals surface area contributed by atoms with Crippen LogP contribution in [0.3, 0.4) is 0 Å². The Morgan fingerprint density at radius 2 is 1.48 bits per heavy atom. The molecule has 5 amide bonds. The summed E-state index contributed by atoms with van der Waals surface area (Å²) in [5.41, 5.74) is -1.95. The number of nitrogens with one attached hydrogen (secondary N) is 4. The van der Waals surface area contributed by atoms with E-state index in [1.165, 1.54) is 4.31 Å². The van der Waals surface area contributed by atoms with Crippen molar-refractivity contribution in [2.75, 3.05) is 12.3 Å². The van der Waals surface area contributed by atoms with Crippen LogP contribution in [0.25, 0.3) is 0 Å². The van der Waals surface area contributed by atoms with Crippen molar-refractivity contribution in [2.24, 2.45) is 28.6 Å². The number of sulfonamides is 1. The van der Waals surface area contributed by atoms with Gasteiger partial charge in [-0.05, 0) is 88.4 Å². The molecule has 5 aliphatic rings. The lowest BCUT2D eigenvalue weighted by Crippen LogP contribution is -2.64. The van der Waals surface area contributed by atoms with Gasteiger partial charge in [0.25, 0.3) is 5.91 Å². The highest BCUT2D eigenvalue weighted by Gasteiger charge is 2.70. The third kappa shape index (κ3) is 8.96. The Bertz CT molecular complexity index is 1500. The number of piperidine rings is 1. The Hall–Kier alpha value is -2.74. The van der Waals surface area contributed by atoms with Crippen molar-refractivity contribution in [3.63, 3.8) is 0 Å². The van der Waals surface area contributed by atoms with E-state index < -0.39 is 68.6 Å². The van der Waals surface area contributed by atoms with Crippen molar-refractivity contribution >= 4 is 39.6 Å². The zero-order valence-corrected chi connectivity index (χ0v) is 33.7. The average molecular weight is 749 g/mol. The van der Waals surface area contributed by atoms with Gasteiger partial charge in [0.15, 0.2) is 0 Å². The van der Waals surface area contributed by atoms with Crippen molar-refractivity contribution < 1.29 is 32.4 Å². The smallest absolute Gasteiger partial charge is 0.315 e. The van der Waals surface area contributed by atoms with E-state index in [0.29, 0.717) is 25.8 Å². The molecule has 0 radical (unpaired) electrons. The van der Waals surface area contributed by atoms with Crippen LogP contribution < -0.4 is 21.3 Å². The van der Waals surface area contributed by atoms with Crippen LogP contribution in [0.2, 0.25) is 0 Å². The zero-order chi connectivity index (χ0) is 38.6. The minimum atomic E-state index is -3.75. The van der Waals surface area contributed by atoms with Gasteiger partial charge in [-0.3, -0.25) is 19.2 Å². The van der Waals surface area contributed by atoms with Gasteiger partial charge in [-0.1, -0.05) is 66.7 Å². The molecule has 14 heteroatoms. The van der Waals surface area contributed by atoms with Crippen LogP contribution >= 0.6 is 0 Å². The highest BCUT2D eigenvalue weighted by Crippen LogP contribution is 2.65. The van der Waals surface area contributed by atoms with Crippen molar-refractivity contribution in [3.05, 3.63) is 0 Å². The molecule has 5 rings (SSSR count). The third-order valence-corrected chi connectivity index (χ3v) is 14.6. The van der Waals surface area contributed by atoms with E-state index in [0.717, 1.165) is 44.9 Å². The van der Waals surface area contributed by atoms with Crippen LogP contribution in [0.4, 0.5) is 4.79 Å². The first-order valence-electron chi connectivity index (χ1n) is 19.6. The molecule has 5 fully saturated rings. The molecular formula is C38H64N6O7S. The van der Waals surface area contributed by atoms with E-state index in [1.54, 1.807) is 4.90 Å². The SMILES string of the molecule is CC(C)N(C(C)C)S(=O)(=O)CC1(NC(=O)N[C@H](C(=O)N2C[C@H]3[C@@H]([C@H]2C(=O)N[C@@H](CC2CC2)C(=O)C(=O)NC2CC2)C3(C)C)C(C)(C)C)CCCCC1. The van der Waals surface area contributed by atoms with E-state index in [2.05, 4.69) is 35.1 Å². The van der Waals surface area contributed by atoms with Gasteiger partial charge in [-0.2, -0.15) is 4.31 Å². The number of carbonyl (C=O) groups is 5. The second kappa shape index (κ2) is 14.8. The first kappa shape index (κ1) is 40.4. The molecule has 52 heavy (non-hydrogen) atoms. The lowest BCUT2D eigenvalue weighted by atomic mass is 9.83. The number of rotatable bonds is 15. The first-order chi connectivity index (χ1) is 24.1. The Labute approximate surface area is 311 Å². The van der Waals surface area contributed by atoms with Crippen molar-refractivity contribution in [3.8, 4) is 0 Å². The molecule has 13 nitrogen and oxygen atoms in total. The molecule has 4 aliphatic carbocycles. The lowest BCUT2D eigenvalue weighted by Gasteiger charge is -2.42. The van der Waals surface area contributed by atoms with Crippen LogP contribution in [0.15, 0.2) is 0 Å². The Morgan fingerprint density at radius 1 is 0.885 bits per heavy atom. The number of ketones is 1. The zero-order valence-electron chi connectivity index (χ0n) is 32.8. The summed E-state index contributed by atoms with van der Waals surface area (Å²) in [7, 11) is -3.75. The number of hydrogen-bond acceptors (Lipinski definition) is 7. The van der Waals surface area contributed by atoms with Gasteiger partial charge in [0.05, 0.1) is 17.3 Å². The number of Topliss-reactive ketones (excluding diaryl/α,β-unsaturated/α-hetero) is 1. The molecule has 1 aliphatic heterocycles. The van der Waals surface area contributed by atoms with E-state index >= 15 is 0 Å². The minimum Gasteiger partial charge on any atom is -0.347 e. The number of nitrogens with zero attached hydrogens (tertiary/aromatic N) is 2. The second-order valence-corrected chi connectivity index (χ2v) is 20.6. The summed E-state index contributed by atoms with van der Waals surface area (Å²) in [6.07, 6.45) is 7.45. The number of urea groups is 1. The van der Waals surface area contributed by atoms with Crippen LogP contribution in [0.5, 0.6) is 0 Å². The summed E-state index contributed by atoms with van der Waals surface area (Å²) in [4.78, 5) is 70.3. The number of hydrogen-bond donors (Lipinski definition) is 4. The van der Waals surface area contributed by atoms with Crippen LogP contribution in [-0.2, 0) is 29.2 Å². The molecule has 4 N–H and O–H groups in total. The summed E-state index contributed by atoms with van der Waals surface area (Å²) in [5.74, 6) is -2.21. The van der Waals surface area contributed by atoms with Crippen LogP contribution in [0.1, 0.15) is 127 Å². The van der Waals surface area contributed by atoms with E-state index in [9.17, 15) is 32.4 Å². The molecule has 0 aromatic carbocycles. The lowest BCUT2D eigenvalue weighted by molar-refractivity contribution is -0.145. The predicted molar refractivity (Wildman–Crippen MR) is 198 cm³/mol. The molecule has 4 saturated carbocycles. The summed E-state index contributed by atoms with van der Waals surface area (Å²) in [6.45, 7) is 17.4. The van der Waals surface area contributed by atoms with E-state index in [-0.39, 0.29) is 47.0 Å². The first-order valence-corrected chi connectivity index (χ1v) is 21.2. The Morgan fingerprint density at radius 3 is 2.00 bits per heavy atom. The summed E-state index contributed by atoms with van der Waals surface area (Å²) in [6, 6.07) is -3.96. The number of fused-ring (bicyclic) bond motifs is 1. The predicted octanol–water partition coefficient (Wildman–Crippen LogP) is 3.47. The number of likely N-dealkylation sites (tertiary alicyclic amines) is 1. The molecule has 0 aromatic heterocycles. The normalized spacial score (nSPS) is 26.4. The summed E-state index contributed by atoms with van der Waals surface area (Å²) in [5, 5.41) is 11.6. The second-order valence-electron chi connectivity index (χ2n) is 18.8. The minimum absolute atomic E-state index is 0.0101. The van der Waals surface area contributed by atoms with Crippen LogP contribution in [-0.4, -0.2) is 101 Å². The van der Waals surface area contributed by atoms with Crippen molar-refractivity contribution in [1.29, 1.82) is 0 Å². The van der Waals surface area contributed by atoms with Crippen molar-refractivity contribution in [2.45, 2.75) is 168 Å². The maximum Gasteiger partial charge on any atom is 0.315 e. The van der Waals surface area contributed by atoms with Gasteiger partial charge in [0.1, 0.15) is 12.1 Å². The molecule has 5 atom stereocenters. The van der Waals surface area contributed by atoms with Gasteiger partial charge in [0, 0.05) is 24.7 Å². The highest BCUT2D eigenvalue weighted by molar-refractivity contribution is 7.89. The van der Waals surface area contributed by atoms with Gasteiger partial charge < -0.3 is 26.2 Å². The standard InChI is InChI=1S/C38H64N6O7S/c1-22(2)44(23(3)4)52(50,51)21-38(17-11-10-12-18-38)42-35(49)41-31(36(5,6)7)34(48)43-20-26-28(37(26,8)9)29(43)32(46)40-27(19-24-13-14-24)30(45)33(47)39-25-15-16-25/h22-29,31H,10-21H2,1-9H3,(H,39,47)(H,40,46)(H2,41,42,49)/t26-,27-,28-,29-,31+/m0/s1. The number of amides is 5.